The molecule has 1 aromatic carbocycles. The zero-order chi connectivity index (χ0) is 11.4. The van der Waals surface area contributed by atoms with Crippen LogP contribution < -0.4 is 5.48 Å². The van der Waals surface area contributed by atoms with E-state index in [1.54, 1.807) is 0 Å². The largest absolute Gasteiger partial charge is 0.297 e. The van der Waals surface area contributed by atoms with Crippen molar-refractivity contribution in [1.82, 2.24) is 0 Å². The average Bonchev–Trinajstić information content (AvgIpc) is 2.30. The molecule has 0 saturated heterocycles. The van der Waals surface area contributed by atoms with Crippen LogP contribution in [0.1, 0.15) is 31.2 Å². The van der Waals surface area contributed by atoms with Crippen LogP contribution in [-0.2, 0) is 9.63 Å². The van der Waals surface area contributed by atoms with Crippen LogP contribution in [0, 0.1) is 6.92 Å². The van der Waals surface area contributed by atoms with Crippen molar-refractivity contribution in [2.75, 3.05) is 5.48 Å². The molecule has 1 aliphatic carbocycles. The molecule has 1 aromatic rings. The second-order valence-electron chi connectivity index (χ2n) is 4.24. The van der Waals surface area contributed by atoms with Gasteiger partial charge in [0.05, 0.1) is 5.69 Å². The molecule has 86 valence electrons. The van der Waals surface area contributed by atoms with Crippen LogP contribution in [0.3, 0.4) is 0 Å². The fraction of sp³-hybridized carbons (Fsp3) is 0.462. The number of ketones is 1. The van der Waals surface area contributed by atoms with E-state index in [9.17, 15) is 4.79 Å². The quantitative estimate of drug-likeness (QED) is 0.794. The zero-order valence-electron chi connectivity index (χ0n) is 9.53. The van der Waals surface area contributed by atoms with Crippen LogP contribution in [-0.4, -0.2) is 11.9 Å². The Bertz CT molecular complexity index is 376. The van der Waals surface area contributed by atoms with Gasteiger partial charge in [0.25, 0.3) is 0 Å². The molecule has 1 fully saturated rings. The number of Topliss-reactive ketones (excluding diaryl/α,β-unsaturated/α-hetero) is 1. The molecular formula is C13H17NO2. The lowest BCUT2D eigenvalue weighted by molar-refractivity contribution is -0.131. The van der Waals surface area contributed by atoms with E-state index in [1.807, 2.05) is 31.2 Å². The van der Waals surface area contributed by atoms with E-state index in [0.717, 1.165) is 30.5 Å². The van der Waals surface area contributed by atoms with Crippen molar-refractivity contribution < 1.29 is 9.63 Å². The Morgan fingerprint density at radius 1 is 1.31 bits per heavy atom. The van der Waals surface area contributed by atoms with E-state index < -0.39 is 0 Å². The Hall–Kier alpha value is -1.35. The van der Waals surface area contributed by atoms with Gasteiger partial charge < -0.3 is 0 Å². The number of aryl methyl sites for hydroxylation is 1. The molecule has 16 heavy (non-hydrogen) atoms. The number of carbonyl (C=O) groups is 1. The molecule has 0 aromatic heterocycles. The standard InChI is InChI=1S/C13H17NO2/c1-10-6-2-3-7-11(10)14-16-13-9-5-4-8-12(13)15/h2-3,6-7,13-14H,4-5,8-9H2,1H3/t13-/m1/s1. The predicted molar refractivity (Wildman–Crippen MR) is 63.1 cm³/mol. The summed E-state index contributed by atoms with van der Waals surface area (Å²) in [4.78, 5) is 17.0. The van der Waals surface area contributed by atoms with E-state index in [0.29, 0.717) is 6.42 Å². The van der Waals surface area contributed by atoms with Gasteiger partial charge in [-0.25, -0.2) is 0 Å². The van der Waals surface area contributed by atoms with Gasteiger partial charge in [-0.05, 0) is 37.8 Å². The molecular weight excluding hydrogens is 202 g/mol. The first kappa shape index (κ1) is 11.1. The van der Waals surface area contributed by atoms with Gasteiger partial charge in [0, 0.05) is 6.42 Å². The van der Waals surface area contributed by atoms with Crippen molar-refractivity contribution in [3.63, 3.8) is 0 Å². The lowest BCUT2D eigenvalue weighted by Crippen LogP contribution is -2.29. The van der Waals surface area contributed by atoms with Gasteiger partial charge in [0.1, 0.15) is 6.10 Å². The summed E-state index contributed by atoms with van der Waals surface area (Å²) in [6.45, 7) is 2.01. The van der Waals surface area contributed by atoms with E-state index >= 15 is 0 Å². The summed E-state index contributed by atoms with van der Waals surface area (Å²) in [5.74, 6) is 0.215. The van der Waals surface area contributed by atoms with Crippen molar-refractivity contribution in [2.24, 2.45) is 0 Å². The normalized spacial score (nSPS) is 20.8. The average molecular weight is 219 g/mol. The molecule has 0 spiro atoms. The van der Waals surface area contributed by atoms with E-state index in [1.165, 1.54) is 0 Å². The molecule has 1 N–H and O–H groups in total. The number of hydrogen-bond acceptors (Lipinski definition) is 3. The summed E-state index contributed by atoms with van der Waals surface area (Å²) >= 11 is 0. The van der Waals surface area contributed by atoms with Gasteiger partial charge in [-0.3, -0.25) is 15.1 Å². The summed E-state index contributed by atoms with van der Waals surface area (Å²) in [7, 11) is 0. The van der Waals surface area contributed by atoms with Crippen LogP contribution in [0.25, 0.3) is 0 Å². The summed E-state index contributed by atoms with van der Waals surface area (Å²) in [6, 6.07) is 7.88. The Morgan fingerprint density at radius 2 is 2.12 bits per heavy atom. The molecule has 1 atom stereocenters. The first-order valence-corrected chi connectivity index (χ1v) is 5.77. The van der Waals surface area contributed by atoms with Gasteiger partial charge in [-0.2, -0.15) is 0 Å². The highest BCUT2D eigenvalue weighted by atomic mass is 16.7. The van der Waals surface area contributed by atoms with Crippen LogP contribution >= 0.6 is 0 Å². The lowest BCUT2D eigenvalue weighted by Gasteiger charge is -2.21. The van der Waals surface area contributed by atoms with Gasteiger partial charge >= 0.3 is 0 Å². The number of rotatable bonds is 3. The van der Waals surface area contributed by atoms with Gasteiger partial charge in [0.2, 0.25) is 0 Å². The van der Waals surface area contributed by atoms with Crippen LogP contribution in [0.5, 0.6) is 0 Å². The lowest BCUT2D eigenvalue weighted by atomic mass is 9.97. The molecule has 0 amide bonds. The summed E-state index contributed by atoms with van der Waals surface area (Å²) in [6.07, 6.45) is 3.29. The smallest absolute Gasteiger partial charge is 0.164 e. The van der Waals surface area contributed by atoms with Crippen molar-refractivity contribution in [1.29, 1.82) is 0 Å². The topological polar surface area (TPSA) is 38.3 Å². The van der Waals surface area contributed by atoms with Gasteiger partial charge in [-0.1, -0.05) is 18.2 Å². The number of nitrogens with one attached hydrogen (secondary N) is 1. The monoisotopic (exact) mass is 219 g/mol. The third-order valence-electron chi connectivity index (χ3n) is 2.95. The highest BCUT2D eigenvalue weighted by Crippen LogP contribution is 2.19. The molecule has 0 bridgehead atoms. The molecule has 2 rings (SSSR count). The number of carbonyl (C=O) groups excluding carboxylic acids is 1. The number of benzene rings is 1. The zero-order valence-corrected chi connectivity index (χ0v) is 9.53. The summed E-state index contributed by atoms with van der Waals surface area (Å²) in [5, 5.41) is 0. The van der Waals surface area contributed by atoms with Gasteiger partial charge in [0.15, 0.2) is 5.78 Å². The van der Waals surface area contributed by atoms with E-state index in [4.69, 9.17) is 4.84 Å². The minimum absolute atomic E-state index is 0.215. The minimum atomic E-state index is -0.270. The van der Waals surface area contributed by atoms with Crippen molar-refractivity contribution in [3.05, 3.63) is 29.8 Å². The Balaban J connectivity index is 1.92. The number of hydrogen-bond donors (Lipinski definition) is 1. The molecule has 0 unspecified atom stereocenters. The molecule has 0 aliphatic heterocycles. The van der Waals surface area contributed by atoms with Crippen LogP contribution in [0.15, 0.2) is 24.3 Å². The molecule has 0 radical (unpaired) electrons. The van der Waals surface area contributed by atoms with Crippen molar-refractivity contribution >= 4 is 11.5 Å². The van der Waals surface area contributed by atoms with E-state index in [2.05, 4.69) is 5.48 Å². The van der Waals surface area contributed by atoms with Crippen LogP contribution in [0.2, 0.25) is 0 Å². The fourth-order valence-corrected chi connectivity index (χ4v) is 1.90. The first-order valence-electron chi connectivity index (χ1n) is 5.77. The third-order valence-corrected chi connectivity index (χ3v) is 2.95. The Kier molecular flexibility index (Phi) is 3.57. The predicted octanol–water partition coefficient (Wildman–Crippen LogP) is 2.85. The fourth-order valence-electron chi connectivity index (χ4n) is 1.90. The molecule has 1 saturated carbocycles. The second kappa shape index (κ2) is 5.12. The maximum absolute atomic E-state index is 11.5. The summed E-state index contributed by atoms with van der Waals surface area (Å²) < 4.78 is 0. The Morgan fingerprint density at radius 3 is 2.88 bits per heavy atom. The molecule has 3 nitrogen and oxygen atoms in total. The highest BCUT2D eigenvalue weighted by molar-refractivity contribution is 5.83. The maximum atomic E-state index is 11.5. The summed E-state index contributed by atoms with van der Waals surface area (Å²) in [5.41, 5.74) is 4.94. The van der Waals surface area contributed by atoms with Crippen molar-refractivity contribution in [2.45, 2.75) is 38.7 Å². The second-order valence-corrected chi connectivity index (χ2v) is 4.24. The highest BCUT2D eigenvalue weighted by Gasteiger charge is 2.23. The molecule has 1 aliphatic rings. The van der Waals surface area contributed by atoms with Crippen LogP contribution in [0.4, 0.5) is 5.69 Å². The first-order chi connectivity index (χ1) is 7.77. The number of para-hydroxylation sites is 1. The molecule has 3 heteroatoms. The van der Waals surface area contributed by atoms with E-state index in [-0.39, 0.29) is 11.9 Å². The maximum Gasteiger partial charge on any atom is 0.164 e. The van der Waals surface area contributed by atoms with Gasteiger partial charge in [-0.15, -0.1) is 0 Å². The number of anilines is 1. The SMILES string of the molecule is Cc1ccccc1NO[C@@H]1CCCCC1=O. The minimum Gasteiger partial charge on any atom is -0.297 e. The third kappa shape index (κ3) is 2.61. The van der Waals surface area contributed by atoms with Crippen molar-refractivity contribution in [3.8, 4) is 0 Å². The Labute approximate surface area is 95.8 Å². The molecule has 0 heterocycles.